The summed E-state index contributed by atoms with van der Waals surface area (Å²) in [7, 11) is 1.34. The largest absolute Gasteiger partial charge is 0.481 e. The third-order valence-electron chi connectivity index (χ3n) is 2.37. The number of esters is 1. The van der Waals surface area contributed by atoms with E-state index < -0.39 is 5.97 Å². The molecule has 5 heteroatoms. The van der Waals surface area contributed by atoms with Crippen molar-refractivity contribution in [2.75, 3.05) is 19.0 Å². The van der Waals surface area contributed by atoms with Gasteiger partial charge in [0.25, 0.3) is 0 Å². The van der Waals surface area contributed by atoms with Crippen LogP contribution in [0.3, 0.4) is 0 Å². The summed E-state index contributed by atoms with van der Waals surface area (Å²) in [6.45, 7) is 4.53. The van der Waals surface area contributed by atoms with Crippen LogP contribution in [0.5, 0.6) is 5.75 Å². The molecule has 86 valence electrons. The van der Waals surface area contributed by atoms with E-state index in [1.165, 1.54) is 7.11 Å². The molecule has 0 bridgehead atoms. The molecule has 0 saturated carbocycles. The number of rotatable bonds is 1. The van der Waals surface area contributed by atoms with Gasteiger partial charge in [-0.2, -0.15) is 0 Å². The van der Waals surface area contributed by atoms with Crippen LogP contribution in [0.4, 0.5) is 5.82 Å². The van der Waals surface area contributed by atoms with Gasteiger partial charge in [-0.05, 0) is 19.9 Å². The number of anilines is 1. The molecule has 0 unspecified atom stereocenters. The van der Waals surface area contributed by atoms with E-state index in [2.05, 4.69) is 10.3 Å². The molecule has 2 rings (SSSR count). The smallest absolute Gasteiger partial charge is 0.341 e. The van der Waals surface area contributed by atoms with Crippen molar-refractivity contribution in [3.8, 4) is 5.75 Å². The second-order valence-corrected chi connectivity index (χ2v) is 4.24. The van der Waals surface area contributed by atoms with Gasteiger partial charge < -0.3 is 14.8 Å². The van der Waals surface area contributed by atoms with Crippen LogP contribution in [-0.4, -0.2) is 30.2 Å². The molecule has 1 aromatic rings. The Hall–Kier alpha value is -1.78. The summed E-state index contributed by atoms with van der Waals surface area (Å²) in [6.07, 6.45) is 1.56. The topological polar surface area (TPSA) is 60.5 Å². The lowest BCUT2D eigenvalue weighted by molar-refractivity contribution is 0.0581. The Balaban J connectivity index is 2.46. The first-order chi connectivity index (χ1) is 7.53. The highest BCUT2D eigenvalue weighted by atomic mass is 16.5. The van der Waals surface area contributed by atoms with Gasteiger partial charge in [-0.15, -0.1) is 0 Å². The van der Waals surface area contributed by atoms with Crippen LogP contribution in [0.2, 0.25) is 0 Å². The standard InChI is InChI=1S/C11H14N2O3/c1-11(2)6-13-9-8(16-11)7(4-5-12-9)10(14)15-3/h4-5H,6H2,1-3H3,(H,12,13). The molecule has 0 spiro atoms. The zero-order valence-electron chi connectivity index (χ0n) is 9.53. The zero-order chi connectivity index (χ0) is 11.8. The maximum absolute atomic E-state index is 11.5. The normalized spacial score (nSPS) is 16.7. The third-order valence-corrected chi connectivity index (χ3v) is 2.37. The fourth-order valence-electron chi connectivity index (χ4n) is 1.56. The van der Waals surface area contributed by atoms with Crippen molar-refractivity contribution >= 4 is 11.8 Å². The second-order valence-electron chi connectivity index (χ2n) is 4.24. The average Bonchev–Trinajstić information content (AvgIpc) is 2.26. The SMILES string of the molecule is COC(=O)c1ccnc2c1OC(C)(C)CN2. The molecule has 0 aromatic carbocycles. The summed E-state index contributed by atoms with van der Waals surface area (Å²) >= 11 is 0. The summed E-state index contributed by atoms with van der Waals surface area (Å²) < 4.78 is 10.4. The maximum atomic E-state index is 11.5. The van der Waals surface area contributed by atoms with E-state index in [4.69, 9.17) is 9.47 Å². The highest BCUT2D eigenvalue weighted by Gasteiger charge is 2.30. The lowest BCUT2D eigenvalue weighted by atomic mass is 10.1. The summed E-state index contributed by atoms with van der Waals surface area (Å²) in [5.74, 6) is 0.631. The van der Waals surface area contributed by atoms with Gasteiger partial charge in [0.15, 0.2) is 11.6 Å². The Kier molecular flexibility index (Phi) is 2.46. The van der Waals surface area contributed by atoms with Crippen LogP contribution >= 0.6 is 0 Å². The van der Waals surface area contributed by atoms with Gasteiger partial charge in [0.1, 0.15) is 11.2 Å². The minimum Gasteiger partial charge on any atom is -0.481 e. The molecule has 0 atom stereocenters. The molecule has 0 fully saturated rings. The van der Waals surface area contributed by atoms with Gasteiger partial charge in [0.2, 0.25) is 0 Å². The lowest BCUT2D eigenvalue weighted by Gasteiger charge is -2.33. The van der Waals surface area contributed by atoms with Crippen LogP contribution in [0.15, 0.2) is 12.3 Å². The van der Waals surface area contributed by atoms with Gasteiger partial charge in [0, 0.05) is 6.20 Å². The molecule has 5 nitrogen and oxygen atoms in total. The van der Waals surface area contributed by atoms with Crippen LogP contribution < -0.4 is 10.1 Å². The fraction of sp³-hybridized carbons (Fsp3) is 0.455. The Morgan fingerprint density at radius 3 is 3.06 bits per heavy atom. The predicted molar refractivity (Wildman–Crippen MR) is 58.8 cm³/mol. The van der Waals surface area contributed by atoms with Crippen molar-refractivity contribution in [2.45, 2.75) is 19.4 Å². The molecular weight excluding hydrogens is 208 g/mol. The van der Waals surface area contributed by atoms with E-state index in [0.29, 0.717) is 23.7 Å². The van der Waals surface area contributed by atoms with Gasteiger partial charge in [-0.25, -0.2) is 9.78 Å². The van der Waals surface area contributed by atoms with Crippen molar-refractivity contribution in [1.82, 2.24) is 4.98 Å². The maximum Gasteiger partial charge on any atom is 0.341 e. The number of carbonyl (C=O) groups excluding carboxylic acids is 1. The second kappa shape index (κ2) is 3.66. The lowest BCUT2D eigenvalue weighted by Crippen LogP contribution is -2.41. The molecule has 0 aliphatic carbocycles. The number of nitrogens with zero attached hydrogens (tertiary/aromatic N) is 1. The Morgan fingerprint density at radius 1 is 1.62 bits per heavy atom. The quantitative estimate of drug-likeness (QED) is 0.729. The van der Waals surface area contributed by atoms with E-state index in [9.17, 15) is 4.79 Å². The van der Waals surface area contributed by atoms with Gasteiger partial charge in [-0.1, -0.05) is 0 Å². The van der Waals surface area contributed by atoms with Crippen LogP contribution in [0.25, 0.3) is 0 Å². The first kappa shape index (κ1) is 10.7. The predicted octanol–water partition coefficient (Wildman–Crippen LogP) is 1.45. The average molecular weight is 222 g/mol. The molecule has 1 aliphatic heterocycles. The first-order valence-electron chi connectivity index (χ1n) is 5.04. The number of pyridine rings is 1. The Morgan fingerprint density at radius 2 is 2.38 bits per heavy atom. The van der Waals surface area contributed by atoms with Gasteiger partial charge >= 0.3 is 5.97 Å². The molecule has 0 radical (unpaired) electrons. The highest BCUT2D eigenvalue weighted by Crippen LogP contribution is 2.34. The summed E-state index contributed by atoms with van der Waals surface area (Å²) in [5.41, 5.74) is 0.0338. The van der Waals surface area contributed by atoms with Crippen molar-refractivity contribution in [3.63, 3.8) is 0 Å². The molecule has 0 amide bonds. The number of hydrogen-bond acceptors (Lipinski definition) is 5. The Labute approximate surface area is 93.8 Å². The summed E-state index contributed by atoms with van der Waals surface area (Å²) in [5, 5.41) is 3.13. The number of carbonyl (C=O) groups is 1. The van der Waals surface area contributed by atoms with Crippen LogP contribution in [0, 0.1) is 0 Å². The van der Waals surface area contributed by atoms with E-state index in [1.807, 2.05) is 13.8 Å². The van der Waals surface area contributed by atoms with Crippen LogP contribution in [0.1, 0.15) is 24.2 Å². The monoisotopic (exact) mass is 222 g/mol. The third kappa shape index (κ3) is 1.80. The Bertz CT molecular complexity index is 429. The van der Waals surface area contributed by atoms with Crippen molar-refractivity contribution in [3.05, 3.63) is 17.8 Å². The highest BCUT2D eigenvalue weighted by molar-refractivity contribution is 5.94. The molecule has 1 aromatic heterocycles. The molecule has 1 N–H and O–H groups in total. The number of aromatic nitrogens is 1. The van der Waals surface area contributed by atoms with E-state index in [1.54, 1.807) is 12.3 Å². The summed E-state index contributed by atoms with van der Waals surface area (Å²) in [6, 6.07) is 1.59. The molecule has 1 aliphatic rings. The van der Waals surface area contributed by atoms with Crippen molar-refractivity contribution in [2.24, 2.45) is 0 Å². The number of nitrogens with one attached hydrogen (secondary N) is 1. The number of methoxy groups -OCH3 is 1. The number of hydrogen-bond donors (Lipinski definition) is 1. The molecule has 0 saturated heterocycles. The molecule has 16 heavy (non-hydrogen) atoms. The van der Waals surface area contributed by atoms with Gasteiger partial charge in [0.05, 0.1) is 13.7 Å². The van der Waals surface area contributed by atoms with Crippen molar-refractivity contribution in [1.29, 1.82) is 0 Å². The molecule has 2 heterocycles. The minimum atomic E-state index is -0.418. The van der Waals surface area contributed by atoms with Gasteiger partial charge in [-0.3, -0.25) is 0 Å². The fourth-order valence-corrected chi connectivity index (χ4v) is 1.56. The molecular formula is C11H14N2O3. The summed E-state index contributed by atoms with van der Waals surface area (Å²) in [4.78, 5) is 15.7. The van der Waals surface area contributed by atoms with Crippen molar-refractivity contribution < 1.29 is 14.3 Å². The van der Waals surface area contributed by atoms with E-state index in [-0.39, 0.29) is 5.60 Å². The van der Waals surface area contributed by atoms with E-state index in [0.717, 1.165) is 0 Å². The first-order valence-corrected chi connectivity index (χ1v) is 5.04. The zero-order valence-corrected chi connectivity index (χ0v) is 9.53. The van der Waals surface area contributed by atoms with E-state index >= 15 is 0 Å². The minimum absolute atomic E-state index is 0.362. The number of ether oxygens (including phenoxy) is 2. The number of fused-ring (bicyclic) bond motifs is 1. The van der Waals surface area contributed by atoms with Crippen LogP contribution in [-0.2, 0) is 4.74 Å².